The van der Waals surface area contributed by atoms with Gasteiger partial charge in [0, 0.05) is 18.8 Å². The van der Waals surface area contributed by atoms with E-state index in [1.54, 1.807) is 0 Å². The minimum Gasteiger partial charge on any atom is -0.355 e. The first-order valence-corrected chi connectivity index (χ1v) is 7.53. The summed E-state index contributed by atoms with van der Waals surface area (Å²) in [7, 11) is 4.27. The third-order valence-electron chi connectivity index (χ3n) is 4.72. The Kier molecular flexibility index (Phi) is 3.62. The van der Waals surface area contributed by atoms with Crippen molar-refractivity contribution in [1.29, 1.82) is 5.26 Å². The summed E-state index contributed by atoms with van der Waals surface area (Å²) in [5.74, 6) is 0.891. The zero-order valence-electron chi connectivity index (χ0n) is 12.4. The minimum atomic E-state index is 0.505. The number of nitrogens with zero attached hydrogens (tertiary/aromatic N) is 4. The fourth-order valence-corrected chi connectivity index (χ4v) is 3.37. The molecule has 0 spiro atoms. The van der Waals surface area contributed by atoms with E-state index in [9.17, 15) is 5.26 Å². The molecule has 0 atom stereocenters. The number of aromatic nitrogens is 1. The highest BCUT2D eigenvalue weighted by Gasteiger charge is 2.25. The van der Waals surface area contributed by atoms with Crippen LogP contribution in [0, 0.1) is 11.3 Å². The van der Waals surface area contributed by atoms with Crippen LogP contribution in [-0.4, -0.2) is 43.1 Å². The zero-order valence-corrected chi connectivity index (χ0v) is 12.4. The van der Waals surface area contributed by atoms with E-state index in [1.165, 1.54) is 17.7 Å². The molecule has 1 saturated heterocycles. The van der Waals surface area contributed by atoms with E-state index in [-0.39, 0.29) is 0 Å². The summed E-state index contributed by atoms with van der Waals surface area (Å²) in [5, 5.41) is 9.41. The fraction of sp³-hybridized carbons (Fsp3) is 0.625. The molecule has 0 aromatic carbocycles. The Bertz CT molecular complexity index is 538. The van der Waals surface area contributed by atoms with Gasteiger partial charge >= 0.3 is 0 Å². The number of rotatable bonds is 2. The summed E-state index contributed by atoms with van der Waals surface area (Å²) >= 11 is 0. The lowest BCUT2D eigenvalue weighted by Crippen LogP contribution is -2.42. The molecule has 4 heteroatoms. The van der Waals surface area contributed by atoms with Crippen LogP contribution in [0.4, 0.5) is 5.82 Å². The maximum Gasteiger partial charge on any atom is 0.146 e. The molecule has 1 aliphatic carbocycles. The van der Waals surface area contributed by atoms with Gasteiger partial charge in [-0.05, 0) is 63.9 Å². The molecule has 1 aromatic rings. The number of hydrogen-bond donors (Lipinski definition) is 0. The first-order chi connectivity index (χ1) is 9.69. The third kappa shape index (κ3) is 2.38. The number of likely N-dealkylation sites (tertiary alicyclic amines) is 1. The largest absolute Gasteiger partial charge is 0.355 e. The van der Waals surface area contributed by atoms with Gasteiger partial charge in [-0.1, -0.05) is 0 Å². The Labute approximate surface area is 121 Å². The van der Waals surface area contributed by atoms with E-state index in [0.29, 0.717) is 6.04 Å². The number of anilines is 1. The van der Waals surface area contributed by atoms with Crippen LogP contribution in [0.2, 0.25) is 0 Å². The van der Waals surface area contributed by atoms with Crippen molar-refractivity contribution in [3.8, 4) is 6.07 Å². The molecular formula is C16H22N4. The van der Waals surface area contributed by atoms with Gasteiger partial charge in [0.2, 0.25) is 0 Å². The van der Waals surface area contributed by atoms with Crippen LogP contribution in [0.5, 0.6) is 0 Å². The average molecular weight is 270 g/mol. The van der Waals surface area contributed by atoms with E-state index < -0.39 is 0 Å². The van der Waals surface area contributed by atoms with Crippen molar-refractivity contribution in [3.05, 3.63) is 22.9 Å². The topological polar surface area (TPSA) is 43.2 Å². The summed E-state index contributed by atoms with van der Waals surface area (Å²) in [4.78, 5) is 9.41. The molecule has 1 aliphatic heterocycles. The van der Waals surface area contributed by atoms with Gasteiger partial charge in [-0.3, -0.25) is 0 Å². The lowest BCUT2D eigenvalue weighted by atomic mass is 10.0. The van der Waals surface area contributed by atoms with Gasteiger partial charge in [-0.25, -0.2) is 4.98 Å². The Hall–Kier alpha value is -1.60. The Morgan fingerprint density at radius 3 is 2.80 bits per heavy atom. The van der Waals surface area contributed by atoms with Crippen LogP contribution in [0.25, 0.3) is 0 Å². The SMILES string of the molecule is CN1CCC(N(C)c2nc3c(cc2C#N)CCC3)CC1. The van der Waals surface area contributed by atoms with Crippen LogP contribution in [-0.2, 0) is 12.8 Å². The fourth-order valence-electron chi connectivity index (χ4n) is 3.37. The van der Waals surface area contributed by atoms with E-state index >= 15 is 0 Å². The van der Waals surface area contributed by atoms with Crippen molar-refractivity contribution in [2.75, 3.05) is 32.1 Å². The molecule has 2 aliphatic rings. The molecule has 0 radical (unpaired) electrons. The Morgan fingerprint density at radius 1 is 1.35 bits per heavy atom. The molecule has 20 heavy (non-hydrogen) atoms. The number of fused-ring (bicyclic) bond motifs is 1. The second-order valence-electron chi connectivity index (χ2n) is 6.08. The highest BCUT2D eigenvalue weighted by Crippen LogP contribution is 2.29. The van der Waals surface area contributed by atoms with Crippen molar-refractivity contribution in [2.24, 2.45) is 0 Å². The maximum atomic E-state index is 9.41. The molecule has 4 nitrogen and oxygen atoms in total. The van der Waals surface area contributed by atoms with Crippen molar-refractivity contribution in [1.82, 2.24) is 9.88 Å². The molecule has 1 aromatic heterocycles. The number of pyridine rings is 1. The van der Waals surface area contributed by atoms with Crippen LogP contribution in [0.3, 0.4) is 0 Å². The predicted octanol–water partition coefficient (Wildman–Crippen LogP) is 1.97. The summed E-state index contributed by atoms with van der Waals surface area (Å²) in [6.45, 7) is 2.25. The highest BCUT2D eigenvalue weighted by atomic mass is 15.2. The van der Waals surface area contributed by atoms with E-state index in [2.05, 4.69) is 36.0 Å². The molecule has 1 fully saturated rings. The second kappa shape index (κ2) is 5.41. The lowest BCUT2D eigenvalue weighted by Gasteiger charge is -2.36. The first kappa shape index (κ1) is 13.4. The smallest absolute Gasteiger partial charge is 0.146 e. The molecular weight excluding hydrogens is 248 g/mol. The van der Waals surface area contributed by atoms with Gasteiger partial charge in [-0.15, -0.1) is 0 Å². The molecule has 2 heterocycles. The van der Waals surface area contributed by atoms with Crippen LogP contribution in [0.1, 0.15) is 36.1 Å². The van der Waals surface area contributed by atoms with Gasteiger partial charge in [0.05, 0.1) is 5.56 Å². The van der Waals surface area contributed by atoms with Crippen LogP contribution < -0.4 is 4.90 Å². The highest BCUT2D eigenvalue weighted by molar-refractivity contribution is 5.57. The number of aryl methyl sites for hydroxylation is 2. The average Bonchev–Trinajstić information content (AvgIpc) is 2.93. The van der Waals surface area contributed by atoms with Crippen molar-refractivity contribution >= 4 is 5.82 Å². The first-order valence-electron chi connectivity index (χ1n) is 7.53. The van der Waals surface area contributed by atoms with Crippen molar-refractivity contribution in [2.45, 2.75) is 38.1 Å². The van der Waals surface area contributed by atoms with Gasteiger partial charge in [0.25, 0.3) is 0 Å². The van der Waals surface area contributed by atoms with Gasteiger partial charge in [0.1, 0.15) is 11.9 Å². The molecule has 0 N–H and O–H groups in total. The van der Waals surface area contributed by atoms with E-state index in [4.69, 9.17) is 4.98 Å². The van der Waals surface area contributed by atoms with Crippen LogP contribution in [0.15, 0.2) is 6.07 Å². The lowest BCUT2D eigenvalue weighted by molar-refractivity contribution is 0.252. The maximum absolute atomic E-state index is 9.41. The quantitative estimate of drug-likeness (QED) is 0.824. The van der Waals surface area contributed by atoms with Gasteiger partial charge in [0.15, 0.2) is 0 Å². The standard InChI is InChI=1S/C16H22N4/c1-19-8-6-14(7-9-19)20(2)16-13(11-17)10-12-4-3-5-15(12)18-16/h10,14H,3-9H2,1-2H3. The normalized spacial score (nSPS) is 19.6. The Morgan fingerprint density at radius 2 is 2.10 bits per heavy atom. The third-order valence-corrected chi connectivity index (χ3v) is 4.72. The van der Waals surface area contributed by atoms with Crippen molar-refractivity contribution in [3.63, 3.8) is 0 Å². The van der Waals surface area contributed by atoms with Gasteiger partial charge in [-0.2, -0.15) is 5.26 Å². The minimum absolute atomic E-state index is 0.505. The number of hydrogen-bond acceptors (Lipinski definition) is 4. The molecule has 0 bridgehead atoms. The molecule has 0 unspecified atom stereocenters. The molecule has 3 rings (SSSR count). The summed E-state index contributed by atoms with van der Waals surface area (Å²) in [5.41, 5.74) is 3.23. The van der Waals surface area contributed by atoms with Crippen LogP contribution >= 0.6 is 0 Å². The second-order valence-corrected chi connectivity index (χ2v) is 6.08. The molecule has 0 amide bonds. The number of nitriles is 1. The summed E-state index contributed by atoms with van der Waals surface area (Å²) < 4.78 is 0. The van der Waals surface area contributed by atoms with Gasteiger partial charge < -0.3 is 9.80 Å². The summed E-state index contributed by atoms with van der Waals surface area (Å²) in [6.07, 6.45) is 5.62. The Balaban J connectivity index is 1.87. The summed E-state index contributed by atoms with van der Waals surface area (Å²) in [6, 6.07) is 4.91. The number of piperidine rings is 1. The molecule has 106 valence electrons. The predicted molar refractivity (Wildman–Crippen MR) is 79.9 cm³/mol. The zero-order chi connectivity index (χ0) is 14.1. The monoisotopic (exact) mass is 270 g/mol. The van der Waals surface area contributed by atoms with E-state index in [0.717, 1.165) is 50.2 Å². The van der Waals surface area contributed by atoms with E-state index in [1.807, 2.05) is 0 Å². The molecule has 0 saturated carbocycles. The van der Waals surface area contributed by atoms with Crippen molar-refractivity contribution < 1.29 is 0 Å².